The van der Waals surface area contributed by atoms with Crippen molar-refractivity contribution in [3.8, 4) is 0 Å². The summed E-state index contributed by atoms with van der Waals surface area (Å²) < 4.78 is 5.90. The zero-order valence-corrected chi connectivity index (χ0v) is 16.1. The monoisotopic (exact) mass is 438 g/mol. The third kappa shape index (κ3) is 3.49. The SMILES string of the molecule is CN=C(NCc1ccnc2ccccc12)NC1CC2CCC1O2.I. The predicted octanol–water partition coefficient (Wildman–Crippen LogP) is 2.84. The third-order valence-corrected chi connectivity index (χ3v) is 4.84. The molecule has 3 atom stereocenters. The number of nitrogens with one attached hydrogen (secondary N) is 2. The average molecular weight is 438 g/mol. The summed E-state index contributed by atoms with van der Waals surface area (Å²) in [6, 6.07) is 10.7. The van der Waals surface area contributed by atoms with E-state index < -0.39 is 0 Å². The Labute approximate surface area is 159 Å². The van der Waals surface area contributed by atoms with Crippen molar-refractivity contribution in [3.63, 3.8) is 0 Å². The zero-order valence-electron chi connectivity index (χ0n) is 13.7. The van der Waals surface area contributed by atoms with Gasteiger partial charge in [-0.25, -0.2) is 0 Å². The molecule has 2 aliphatic heterocycles. The Morgan fingerprint density at radius 1 is 1.29 bits per heavy atom. The van der Waals surface area contributed by atoms with Gasteiger partial charge in [0.15, 0.2) is 5.96 Å². The lowest BCUT2D eigenvalue weighted by atomic mass is 9.96. The molecule has 2 N–H and O–H groups in total. The molecule has 3 heterocycles. The Morgan fingerprint density at radius 3 is 2.92 bits per heavy atom. The van der Waals surface area contributed by atoms with Gasteiger partial charge in [0, 0.05) is 25.2 Å². The summed E-state index contributed by atoms with van der Waals surface area (Å²) in [4.78, 5) is 8.76. The summed E-state index contributed by atoms with van der Waals surface area (Å²) in [5.41, 5.74) is 2.25. The van der Waals surface area contributed by atoms with E-state index in [-0.39, 0.29) is 24.0 Å². The summed E-state index contributed by atoms with van der Waals surface area (Å²) in [7, 11) is 1.81. The first kappa shape index (κ1) is 17.4. The summed E-state index contributed by atoms with van der Waals surface area (Å²) in [6.45, 7) is 0.727. The number of benzene rings is 1. The molecular formula is C18H23IN4O. The Bertz CT molecular complexity index is 731. The van der Waals surface area contributed by atoms with E-state index in [9.17, 15) is 0 Å². The number of aliphatic imine (C=N–C) groups is 1. The molecule has 4 rings (SSSR count). The second kappa shape index (κ2) is 7.65. The molecule has 0 saturated carbocycles. The number of hydrogen-bond donors (Lipinski definition) is 2. The maximum absolute atomic E-state index is 5.90. The average Bonchev–Trinajstić information content (AvgIpc) is 3.21. The number of rotatable bonds is 3. The van der Waals surface area contributed by atoms with E-state index in [1.54, 1.807) is 0 Å². The van der Waals surface area contributed by atoms with Gasteiger partial charge in [0.1, 0.15) is 0 Å². The summed E-state index contributed by atoms with van der Waals surface area (Å²) in [5, 5.41) is 8.12. The van der Waals surface area contributed by atoms with Gasteiger partial charge in [-0.1, -0.05) is 18.2 Å². The lowest BCUT2D eigenvalue weighted by molar-refractivity contribution is 0.0992. The minimum absolute atomic E-state index is 0. The molecule has 6 heteroatoms. The highest BCUT2D eigenvalue weighted by Crippen LogP contribution is 2.34. The third-order valence-electron chi connectivity index (χ3n) is 4.84. The fraction of sp³-hybridized carbons (Fsp3) is 0.444. The van der Waals surface area contributed by atoms with E-state index in [1.807, 2.05) is 31.4 Å². The predicted molar refractivity (Wildman–Crippen MR) is 107 cm³/mol. The van der Waals surface area contributed by atoms with Gasteiger partial charge < -0.3 is 15.4 Å². The number of para-hydroxylation sites is 1. The minimum atomic E-state index is 0. The molecule has 0 radical (unpaired) electrons. The van der Waals surface area contributed by atoms with Crippen LogP contribution in [0.3, 0.4) is 0 Å². The minimum Gasteiger partial charge on any atom is -0.373 e. The number of pyridine rings is 1. The molecule has 2 fully saturated rings. The van der Waals surface area contributed by atoms with Crippen LogP contribution < -0.4 is 10.6 Å². The number of fused-ring (bicyclic) bond motifs is 3. The van der Waals surface area contributed by atoms with Crippen molar-refractivity contribution < 1.29 is 4.74 Å². The number of aromatic nitrogens is 1. The first-order valence-corrected chi connectivity index (χ1v) is 8.29. The van der Waals surface area contributed by atoms with Gasteiger partial charge in [-0.15, -0.1) is 24.0 Å². The van der Waals surface area contributed by atoms with Gasteiger partial charge in [-0.2, -0.15) is 0 Å². The number of halogens is 1. The van der Waals surface area contributed by atoms with Crippen molar-refractivity contribution in [1.82, 2.24) is 15.6 Å². The van der Waals surface area contributed by atoms with Crippen LogP contribution in [0, 0.1) is 0 Å². The summed E-state index contributed by atoms with van der Waals surface area (Å²) in [6.07, 6.45) is 6.11. The van der Waals surface area contributed by atoms with Crippen LogP contribution in [0.4, 0.5) is 0 Å². The van der Waals surface area contributed by atoms with Gasteiger partial charge in [-0.05, 0) is 37.0 Å². The van der Waals surface area contributed by atoms with Crippen molar-refractivity contribution in [3.05, 3.63) is 42.1 Å². The van der Waals surface area contributed by atoms with Crippen LogP contribution in [0.5, 0.6) is 0 Å². The van der Waals surface area contributed by atoms with Crippen molar-refractivity contribution in [2.24, 2.45) is 4.99 Å². The maximum Gasteiger partial charge on any atom is 0.191 e. The summed E-state index contributed by atoms with van der Waals surface area (Å²) >= 11 is 0. The molecule has 0 amide bonds. The van der Waals surface area contributed by atoms with Crippen LogP contribution in [0.15, 0.2) is 41.5 Å². The van der Waals surface area contributed by atoms with Gasteiger partial charge in [0.2, 0.25) is 0 Å². The van der Waals surface area contributed by atoms with Gasteiger partial charge >= 0.3 is 0 Å². The van der Waals surface area contributed by atoms with Gasteiger partial charge in [0.05, 0.1) is 23.8 Å². The molecule has 1 aromatic heterocycles. The molecular weight excluding hydrogens is 415 g/mol. The second-order valence-electron chi connectivity index (χ2n) is 6.27. The standard InChI is InChI=1S/C18H22N4O.HI/c1-19-18(22-16-10-13-6-7-17(16)23-13)21-11-12-8-9-20-15-5-3-2-4-14(12)15;/h2-5,8-9,13,16-17H,6-7,10-11H2,1H3,(H2,19,21,22);1H. The molecule has 24 heavy (non-hydrogen) atoms. The zero-order chi connectivity index (χ0) is 15.6. The Balaban J connectivity index is 0.00000169. The fourth-order valence-electron chi connectivity index (χ4n) is 3.65. The second-order valence-corrected chi connectivity index (χ2v) is 6.27. The topological polar surface area (TPSA) is 58.5 Å². The van der Waals surface area contributed by atoms with E-state index in [1.165, 1.54) is 17.4 Å². The van der Waals surface area contributed by atoms with E-state index in [2.05, 4.69) is 32.7 Å². The molecule has 5 nitrogen and oxygen atoms in total. The van der Waals surface area contributed by atoms with Crippen LogP contribution in [0.2, 0.25) is 0 Å². The molecule has 2 bridgehead atoms. The van der Waals surface area contributed by atoms with Crippen LogP contribution in [0.1, 0.15) is 24.8 Å². The van der Waals surface area contributed by atoms with E-state index in [4.69, 9.17) is 4.74 Å². The maximum atomic E-state index is 5.90. The van der Waals surface area contributed by atoms with Crippen LogP contribution in [0.25, 0.3) is 10.9 Å². The number of guanidine groups is 1. The molecule has 3 unspecified atom stereocenters. The Morgan fingerprint density at radius 2 is 2.17 bits per heavy atom. The van der Waals surface area contributed by atoms with Gasteiger partial charge in [0.25, 0.3) is 0 Å². The normalized spacial score (nSPS) is 25.5. The smallest absolute Gasteiger partial charge is 0.191 e. The first-order chi connectivity index (χ1) is 11.3. The van der Waals surface area contributed by atoms with E-state index in [0.717, 1.165) is 30.9 Å². The Hall–Kier alpha value is -1.41. The fourth-order valence-corrected chi connectivity index (χ4v) is 3.65. The van der Waals surface area contributed by atoms with E-state index >= 15 is 0 Å². The molecule has 128 valence electrons. The van der Waals surface area contributed by atoms with Crippen molar-refractivity contribution in [2.75, 3.05) is 7.05 Å². The first-order valence-electron chi connectivity index (χ1n) is 8.29. The Kier molecular flexibility index (Phi) is 5.55. The van der Waals surface area contributed by atoms with Crippen LogP contribution in [-0.4, -0.2) is 36.2 Å². The molecule has 0 spiro atoms. The number of nitrogens with zero attached hydrogens (tertiary/aromatic N) is 2. The number of hydrogen-bond acceptors (Lipinski definition) is 3. The van der Waals surface area contributed by atoms with Crippen molar-refractivity contribution in [2.45, 2.75) is 44.1 Å². The van der Waals surface area contributed by atoms with Gasteiger partial charge in [-0.3, -0.25) is 9.98 Å². The number of ether oxygens (including phenoxy) is 1. The molecule has 2 aliphatic rings. The van der Waals surface area contributed by atoms with Crippen LogP contribution >= 0.6 is 24.0 Å². The molecule has 1 aromatic carbocycles. The lowest BCUT2D eigenvalue weighted by Crippen LogP contribution is -2.47. The van der Waals surface area contributed by atoms with Crippen LogP contribution in [-0.2, 0) is 11.3 Å². The highest BCUT2D eigenvalue weighted by molar-refractivity contribution is 14.0. The largest absolute Gasteiger partial charge is 0.373 e. The molecule has 0 aliphatic carbocycles. The molecule has 2 saturated heterocycles. The quantitative estimate of drug-likeness (QED) is 0.440. The van der Waals surface area contributed by atoms with E-state index in [0.29, 0.717) is 18.2 Å². The van der Waals surface area contributed by atoms with Crippen molar-refractivity contribution >= 4 is 40.8 Å². The highest BCUT2D eigenvalue weighted by Gasteiger charge is 2.41. The summed E-state index contributed by atoms with van der Waals surface area (Å²) in [5.74, 6) is 0.840. The van der Waals surface area contributed by atoms with Crippen molar-refractivity contribution in [1.29, 1.82) is 0 Å². The highest BCUT2D eigenvalue weighted by atomic mass is 127. The molecule has 2 aromatic rings. The lowest BCUT2D eigenvalue weighted by Gasteiger charge is -2.22.